The quantitative estimate of drug-likeness (QED) is 0.573. The fraction of sp³-hybridized carbons (Fsp3) is 0.381. The van der Waals surface area contributed by atoms with Crippen molar-refractivity contribution in [3.05, 3.63) is 40.9 Å². The van der Waals surface area contributed by atoms with Gasteiger partial charge in [-0.1, -0.05) is 6.07 Å². The van der Waals surface area contributed by atoms with Crippen molar-refractivity contribution in [1.82, 2.24) is 9.97 Å². The second kappa shape index (κ2) is 8.81. The highest BCUT2D eigenvalue weighted by molar-refractivity contribution is 6.07. The molecule has 1 N–H and O–H groups in total. The van der Waals surface area contributed by atoms with Crippen molar-refractivity contribution in [2.45, 2.75) is 27.2 Å². The van der Waals surface area contributed by atoms with Gasteiger partial charge >= 0.3 is 5.97 Å². The van der Waals surface area contributed by atoms with Crippen LogP contribution in [-0.2, 0) is 11.2 Å². The molecule has 0 aliphatic heterocycles. The monoisotopic (exact) mass is 399 g/mol. The van der Waals surface area contributed by atoms with E-state index in [-0.39, 0.29) is 6.61 Å². The number of hydrogen-bond acceptors (Lipinski definition) is 8. The van der Waals surface area contributed by atoms with E-state index in [1.807, 2.05) is 18.2 Å². The normalized spacial score (nSPS) is 10.8. The number of methoxy groups -OCH3 is 2. The van der Waals surface area contributed by atoms with Crippen molar-refractivity contribution in [2.24, 2.45) is 0 Å². The molecule has 3 rings (SSSR count). The zero-order valence-corrected chi connectivity index (χ0v) is 17.3. The maximum absolute atomic E-state index is 12.4. The summed E-state index contributed by atoms with van der Waals surface area (Å²) < 4.78 is 21.5. The van der Waals surface area contributed by atoms with E-state index in [0.717, 1.165) is 12.0 Å². The molecule has 0 unspecified atom stereocenters. The summed E-state index contributed by atoms with van der Waals surface area (Å²) in [6, 6.07) is 5.79. The Morgan fingerprint density at radius 1 is 1.14 bits per heavy atom. The number of carbonyl (C=O) groups is 1. The summed E-state index contributed by atoms with van der Waals surface area (Å²) >= 11 is 0. The molecule has 0 saturated heterocycles. The summed E-state index contributed by atoms with van der Waals surface area (Å²) in [6.07, 6.45) is 0.719. The first-order chi connectivity index (χ1) is 14.0. The molecule has 3 aromatic rings. The van der Waals surface area contributed by atoms with E-state index in [2.05, 4.69) is 15.3 Å². The molecule has 29 heavy (non-hydrogen) atoms. The largest absolute Gasteiger partial charge is 0.493 e. The molecule has 0 aliphatic rings. The molecule has 1 aromatic carbocycles. The second-order valence-electron chi connectivity index (χ2n) is 6.42. The van der Waals surface area contributed by atoms with E-state index in [9.17, 15) is 4.79 Å². The number of esters is 1. The van der Waals surface area contributed by atoms with Crippen LogP contribution in [0.25, 0.3) is 11.1 Å². The summed E-state index contributed by atoms with van der Waals surface area (Å²) in [4.78, 5) is 21.2. The molecule has 0 aliphatic carbocycles. The molecule has 0 atom stereocenters. The molecule has 8 heteroatoms. The minimum absolute atomic E-state index is 0.278. The molecular weight excluding hydrogens is 374 g/mol. The summed E-state index contributed by atoms with van der Waals surface area (Å²) in [6.45, 7) is 6.13. The Kier molecular flexibility index (Phi) is 6.21. The predicted octanol–water partition coefficient (Wildman–Crippen LogP) is 3.69. The Balaban J connectivity index is 1.85. The first-order valence-electron chi connectivity index (χ1n) is 9.38. The summed E-state index contributed by atoms with van der Waals surface area (Å²) in [5, 5.41) is 3.84. The number of furan rings is 1. The van der Waals surface area contributed by atoms with Crippen LogP contribution in [0.5, 0.6) is 11.5 Å². The van der Waals surface area contributed by atoms with Crippen LogP contribution in [0.4, 0.5) is 5.82 Å². The highest BCUT2D eigenvalue weighted by atomic mass is 16.5. The maximum Gasteiger partial charge on any atom is 0.342 e. The van der Waals surface area contributed by atoms with Crippen LogP contribution in [0, 0.1) is 13.8 Å². The van der Waals surface area contributed by atoms with Gasteiger partial charge in [0.25, 0.3) is 0 Å². The lowest BCUT2D eigenvalue weighted by Gasteiger charge is -2.11. The average molecular weight is 399 g/mol. The number of anilines is 1. The lowest BCUT2D eigenvalue weighted by atomic mass is 10.1. The minimum atomic E-state index is -0.445. The van der Waals surface area contributed by atoms with Gasteiger partial charge < -0.3 is 23.9 Å². The van der Waals surface area contributed by atoms with Crippen molar-refractivity contribution < 1.29 is 23.4 Å². The summed E-state index contributed by atoms with van der Waals surface area (Å²) in [7, 11) is 3.22. The number of benzene rings is 1. The minimum Gasteiger partial charge on any atom is -0.493 e. The number of rotatable bonds is 8. The van der Waals surface area contributed by atoms with Crippen molar-refractivity contribution in [1.29, 1.82) is 0 Å². The van der Waals surface area contributed by atoms with Gasteiger partial charge in [0.15, 0.2) is 11.5 Å². The summed E-state index contributed by atoms with van der Waals surface area (Å²) in [5.41, 5.74) is 1.80. The number of nitrogens with zero attached hydrogens (tertiary/aromatic N) is 2. The Hall–Kier alpha value is -3.29. The molecule has 2 aromatic heterocycles. The number of aromatic nitrogens is 2. The van der Waals surface area contributed by atoms with Gasteiger partial charge in [-0.3, -0.25) is 0 Å². The number of hydrogen-bond donors (Lipinski definition) is 1. The number of nitrogens with one attached hydrogen (secondary N) is 1. The number of fused-ring (bicyclic) bond motifs is 1. The van der Waals surface area contributed by atoms with Gasteiger partial charge in [0.1, 0.15) is 23.0 Å². The van der Waals surface area contributed by atoms with E-state index >= 15 is 0 Å². The molecule has 0 saturated carbocycles. The van der Waals surface area contributed by atoms with E-state index in [0.29, 0.717) is 52.1 Å². The number of carbonyl (C=O) groups excluding carboxylic acids is 1. The van der Waals surface area contributed by atoms with Crippen LogP contribution in [-0.4, -0.2) is 43.3 Å². The third kappa shape index (κ3) is 4.26. The summed E-state index contributed by atoms with van der Waals surface area (Å²) in [5.74, 6) is 2.48. The zero-order valence-electron chi connectivity index (χ0n) is 17.3. The van der Waals surface area contributed by atoms with Crippen LogP contribution in [0.15, 0.2) is 22.6 Å². The van der Waals surface area contributed by atoms with Crippen LogP contribution in [0.1, 0.15) is 34.4 Å². The van der Waals surface area contributed by atoms with E-state index in [1.54, 1.807) is 35.0 Å². The van der Waals surface area contributed by atoms with Gasteiger partial charge in [0.2, 0.25) is 5.71 Å². The highest BCUT2D eigenvalue weighted by Gasteiger charge is 2.24. The second-order valence-corrected chi connectivity index (χ2v) is 6.42. The van der Waals surface area contributed by atoms with Gasteiger partial charge in [0.05, 0.1) is 26.2 Å². The van der Waals surface area contributed by atoms with E-state index in [1.165, 1.54) is 0 Å². The lowest BCUT2D eigenvalue weighted by Crippen LogP contribution is -2.10. The van der Waals surface area contributed by atoms with Gasteiger partial charge in [-0.2, -0.15) is 4.98 Å². The van der Waals surface area contributed by atoms with Gasteiger partial charge in [-0.25, -0.2) is 9.78 Å². The Labute approximate surface area is 169 Å². The van der Waals surface area contributed by atoms with Crippen molar-refractivity contribution in [3.8, 4) is 11.5 Å². The first kappa shape index (κ1) is 20.4. The Morgan fingerprint density at radius 3 is 2.59 bits per heavy atom. The Bertz CT molecular complexity index is 1030. The molecule has 154 valence electrons. The Morgan fingerprint density at radius 2 is 1.90 bits per heavy atom. The van der Waals surface area contributed by atoms with Gasteiger partial charge in [-0.15, -0.1) is 0 Å². The average Bonchev–Trinajstić information content (AvgIpc) is 3.03. The van der Waals surface area contributed by atoms with E-state index in [4.69, 9.17) is 18.6 Å². The van der Waals surface area contributed by atoms with E-state index < -0.39 is 5.97 Å². The molecule has 0 amide bonds. The molecule has 0 spiro atoms. The van der Waals surface area contributed by atoms with Crippen molar-refractivity contribution >= 4 is 22.9 Å². The fourth-order valence-corrected chi connectivity index (χ4v) is 3.16. The molecular formula is C21H25N3O5. The van der Waals surface area contributed by atoms with Crippen molar-refractivity contribution in [3.63, 3.8) is 0 Å². The van der Waals surface area contributed by atoms with Crippen LogP contribution >= 0.6 is 0 Å². The van der Waals surface area contributed by atoms with Crippen molar-refractivity contribution in [2.75, 3.05) is 32.7 Å². The highest BCUT2D eigenvalue weighted by Crippen LogP contribution is 2.31. The molecule has 0 fully saturated rings. The van der Waals surface area contributed by atoms with Crippen LogP contribution in [0.2, 0.25) is 0 Å². The van der Waals surface area contributed by atoms with Crippen LogP contribution in [0.3, 0.4) is 0 Å². The van der Waals surface area contributed by atoms with Crippen LogP contribution < -0.4 is 14.8 Å². The molecule has 0 radical (unpaired) electrons. The third-order valence-electron chi connectivity index (χ3n) is 4.47. The molecule has 0 bridgehead atoms. The van der Waals surface area contributed by atoms with Gasteiger partial charge in [0, 0.05) is 6.54 Å². The lowest BCUT2D eigenvalue weighted by molar-refractivity contribution is 0.0526. The topological polar surface area (TPSA) is 95.7 Å². The third-order valence-corrected chi connectivity index (χ3v) is 4.47. The standard InChI is InChI=1S/C21H25N3O5/c1-6-28-21(25)17-12(2)29-20-18(17)19(23-13(3)24-20)22-10-9-14-7-8-15(26-4)16(11-14)27-5/h7-8,11H,6,9-10H2,1-5H3,(H,22,23,24). The fourth-order valence-electron chi connectivity index (χ4n) is 3.16. The predicted molar refractivity (Wildman–Crippen MR) is 109 cm³/mol. The zero-order chi connectivity index (χ0) is 21.0. The molecule has 8 nitrogen and oxygen atoms in total. The van der Waals surface area contributed by atoms with Gasteiger partial charge in [-0.05, 0) is 44.9 Å². The SMILES string of the molecule is CCOC(=O)c1c(C)oc2nc(C)nc(NCCc3ccc(OC)c(OC)c3)c12. The number of aryl methyl sites for hydroxylation is 2. The molecule has 2 heterocycles. The number of ether oxygens (including phenoxy) is 3. The smallest absolute Gasteiger partial charge is 0.342 e. The first-order valence-corrected chi connectivity index (χ1v) is 9.38. The maximum atomic E-state index is 12.4.